The summed E-state index contributed by atoms with van der Waals surface area (Å²) >= 11 is 6.31. The Balaban J connectivity index is 1.39. The van der Waals surface area contributed by atoms with E-state index in [9.17, 15) is 0 Å². The molecule has 1 fully saturated rings. The van der Waals surface area contributed by atoms with Gasteiger partial charge < -0.3 is 15.5 Å². The Morgan fingerprint density at radius 3 is 2.81 bits per heavy atom. The zero-order valence-corrected chi connectivity index (χ0v) is 18.9. The first-order valence-electron chi connectivity index (χ1n) is 10.5. The fourth-order valence-corrected chi connectivity index (χ4v) is 4.23. The molecule has 2 N–H and O–H groups in total. The van der Waals surface area contributed by atoms with Crippen LogP contribution in [-0.2, 0) is 6.54 Å². The maximum atomic E-state index is 6.31. The lowest BCUT2D eigenvalue weighted by atomic mass is 10.1. The minimum absolute atomic E-state index is 0.274. The molecule has 1 aliphatic rings. The van der Waals surface area contributed by atoms with Crippen molar-refractivity contribution in [3.63, 3.8) is 0 Å². The standard InChI is InChI=1S/C23H28ClN7/c1-16-13-17(2)31(29-16)21-9-5-4-7-18(21)14-27-23(25-3)28-19-10-12-30(15-19)22-20(24)8-6-11-26-22/h4-9,11,13,19H,10,12,14-15H2,1-3H3,(H2,25,27,28). The maximum absolute atomic E-state index is 6.31. The molecule has 0 aliphatic carbocycles. The Bertz CT molecular complexity index is 1080. The van der Waals surface area contributed by atoms with Crippen molar-refractivity contribution in [1.82, 2.24) is 25.4 Å². The Morgan fingerprint density at radius 1 is 1.23 bits per heavy atom. The number of halogens is 1. The summed E-state index contributed by atoms with van der Waals surface area (Å²) in [4.78, 5) is 11.1. The number of anilines is 1. The summed E-state index contributed by atoms with van der Waals surface area (Å²) in [5, 5.41) is 12.3. The van der Waals surface area contributed by atoms with Gasteiger partial charge in [-0.1, -0.05) is 29.8 Å². The molecule has 1 aromatic carbocycles. The number of guanidine groups is 1. The molecular formula is C23H28ClN7. The highest BCUT2D eigenvalue weighted by molar-refractivity contribution is 6.32. The van der Waals surface area contributed by atoms with Crippen LogP contribution in [0.15, 0.2) is 53.7 Å². The molecule has 1 atom stereocenters. The molecule has 8 heteroatoms. The van der Waals surface area contributed by atoms with Crippen molar-refractivity contribution in [2.45, 2.75) is 32.9 Å². The van der Waals surface area contributed by atoms with Gasteiger partial charge in [-0.05, 0) is 50.1 Å². The second-order valence-corrected chi connectivity index (χ2v) is 8.19. The maximum Gasteiger partial charge on any atom is 0.191 e. The van der Waals surface area contributed by atoms with E-state index in [1.165, 1.54) is 0 Å². The van der Waals surface area contributed by atoms with E-state index >= 15 is 0 Å². The number of pyridine rings is 1. The molecule has 1 unspecified atom stereocenters. The zero-order chi connectivity index (χ0) is 21.8. The predicted octanol–water partition coefficient (Wildman–Crippen LogP) is 3.48. The van der Waals surface area contributed by atoms with Crippen molar-refractivity contribution in [3.05, 3.63) is 70.6 Å². The molecule has 0 bridgehead atoms. The van der Waals surface area contributed by atoms with Gasteiger partial charge in [-0.15, -0.1) is 0 Å². The molecule has 4 rings (SSSR count). The summed E-state index contributed by atoms with van der Waals surface area (Å²) < 4.78 is 1.99. The number of para-hydroxylation sites is 1. The number of nitrogens with zero attached hydrogens (tertiary/aromatic N) is 5. The average Bonchev–Trinajstić information content (AvgIpc) is 3.37. The number of hydrogen-bond acceptors (Lipinski definition) is 4. The molecular weight excluding hydrogens is 410 g/mol. The molecule has 3 heterocycles. The molecule has 0 radical (unpaired) electrons. The predicted molar refractivity (Wildman–Crippen MR) is 126 cm³/mol. The number of aliphatic imine (C=N–C) groups is 1. The van der Waals surface area contributed by atoms with Gasteiger partial charge in [-0.3, -0.25) is 4.99 Å². The van der Waals surface area contributed by atoms with E-state index in [1.807, 2.05) is 35.9 Å². The number of hydrogen-bond donors (Lipinski definition) is 2. The Hall–Kier alpha value is -3.06. The Kier molecular flexibility index (Phi) is 6.42. The molecule has 31 heavy (non-hydrogen) atoms. The van der Waals surface area contributed by atoms with Gasteiger partial charge in [0, 0.05) is 44.6 Å². The van der Waals surface area contributed by atoms with Crippen LogP contribution in [0.4, 0.5) is 5.82 Å². The smallest absolute Gasteiger partial charge is 0.191 e. The van der Waals surface area contributed by atoms with Gasteiger partial charge in [0.15, 0.2) is 5.96 Å². The minimum atomic E-state index is 0.274. The molecule has 7 nitrogen and oxygen atoms in total. The van der Waals surface area contributed by atoms with Gasteiger partial charge in [0.2, 0.25) is 0 Å². The van der Waals surface area contributed by atoms with Gasteiger partial charge in [0.1, 0.15) is 5.82 Å². The lowest BCUT2D eigenvalue weighted by molar-refractivity contribution is 0.647. The van der Waals surface area contributed by atoms with Crippen LogP contribution in [0.2, 0.25) is 5.02 Å². The van der Waals surface area contributed by atoms with Crippen molar-refractivity contribution in [2.75, 3.05) is 25.0 Å². The second kappa shape index (κ2) is 9.39. The molecule has 1 aliphatic heterocycles. The molecule has 1 saturated heterocycles. The molecule has 2 aromatic heterocycles. The van der Waals surface area contributed by atoms with Crippen LogP contribution in [0.5, 0.6) is 0 Å². The first-order valence-corrected chi connectivity index (χ1v) is 10.9. The highest BCUT2D eigenvalue weighted by atomic mass is 35.5. The fraction of sp³-hybridized carbons (Fsp3) is 0.348. The number of nitrogens with one attached hydrogen (secondary N) is 2. The number of aromatic nitrogens is 3. The number of rotatable bonds is 5. The van der Waals surface area contributed by atoms with Crippen molar-refractivity contribution < 1.29 is 0 Å². The first kappa shape index (κ1) is 21.2. The summed E-state index contributed by atoms with van der Waals surface area (Å²) in [5.41, 5.74) is 4.36. The highest BCUT2D eigenvalue weighted by Crippen LogP contribution is 2.25. The van der Waals surface area contributed by atoms with Gasteiger partial charge in [-0.25, -0.2) is 9.67 Å². The lowest BCUT2D eigenvalue weighted by Gasteiger charge is -2.20. The summed E-state index contributed by atoms with van der Waals surface area (Å²) in [6.07, 6.45) is 2.78. The average molecular weight is 438 g/mol. The van der Waals surface area contributed by atoms with Gasteiger partial charge >= 0.3 is 0 Å². The van der Waals surface area contributed by atoms with Gasteiger partial charge in [0.25, 0.3) is 0 Å². The van der Waals surface area contributed by atoms with Crippen molar-refractivity contribution in [3.8, 4) is 5.69 Å². The third-order valence-corrected chi connectivity index (χ3v) is 5.76. The number of benzene rings is 1. The van der Waals surface area contributed by atoms with Crippen molar-refractivity contribution in [1.29, 1.82) is 0 Å². The van der Waals surface area contributed by atoms with Gasteiger partial charge in [0.05, 0.1) is 16.4 Å². The minimum Gasteiger partial charge on any atom is -0.353 e. The zero-order valence-electron chi connectivity index (χ0n) is 18.1. The summed E-state index contributed by atoms with van der Waals surface area (Å²) in [6.45, 7) is 6.48. The fourth-order valence-electron chi connectivity index (χ4n) is 3.99. The van der Waals surface area contributed by atoms with Crippen molar-refractivity contribution >= 4 is 23.4 Å². The summed E-state index contributed by atoms with van der Waals surface area (Å²) in [7, 11) is 1.80. The van der Waals surface area contributed by atoms with E-state index in [4.69, 9.17) is 11.6 Å². The monoisotopic (exact) mass is 437 g/mol. The third-order valence-electron chi connectivity index (χ3n) is 5.47. The SMILES string of the molecule is CN=C(NCc1ccccc1-n1nc(C)cc1C)NC1CCN(c2ncccc2Cl)C1. The highest BCUT2D eigenvalue weighted by Gasteiger charge is 2.25. The molecule has 0 amide bonds. The first-order chi connectivity index (χ1) is 15.0. The normalized spacial score (nSPS) is 16.6. The molecule has 3 aromatic rings. The largest absolute Gasteiger partial charge is 0.353 e. The summed E-state index contributed by atoms with van der Waals surface area (Å²) in [5.74, 6) is 1.62. The summed E-state index contributed by atoms with van der Waals surface area (Å²) in [6, 6.07) is 14.4. The molecule has 0 saturated carbocycles. The van der Waals surface area contributed by atoms with Crippen LogP contribution in [0, 0.1) is 13.8 Å². The van der Waals surface area contributed by atoms with Crippen LogP contribution in [-0.4, -0.2) is 46.9 Å². The van der Waals surface area contributed by atoms with E-state index in [1.54, 1.807) is 13.2 Å². The number of aryl methyl sites for hydroxylation is 2. The van der Waals surface area contributed by atoms with Crippen LogP contribution in [0.25, 0.3) is 5.69 Å². The van der Waals surface area contributed by atoms with Gasteiger partial charge in [-0.2, -0.15) is 5.10 Å². The third kappa shape index (κ3) is 4.82. The Labute approximate surface area is 188 Å². The molecule has 162 valence electrons. The van der Waals surface area contributed by atoms with Crippen LogP contribution < -0.4 is 15.5 Å². The van der Waals surface area contributed by atoms with Crippen LogP contribution in [0.1, 0.15) is 23.4 Å². The lowest BCUT2D eigenvalue weighted by Crippen LogP contribution is -2.44. The van der Waals surface area contributed by atoms with Crippen LogP contribution in [0.3, 0.4) is 0 Å². The van der Waals surface area contributed by atoms with E-state index in [0.29, 0.717) is 11.6 Å². The Morgan fingerprint density at radius 2 is 2.06 bits per heavy atom. The van der Waals surface area contributed by atoms with E-state index < -0.39 is 0 Å². The topological polar surface area (TPSA) is 70.4 Å². The van der Waals surface area contributed by atoms with E-state index in [0.717, 1.165) is 53.9 Å². The van der Waals surface area contributed by atoms with Crippen molar-refractivity contribution in [2.24, 2.45) is 4.99 Å². The quantitative estimate of drug-likeness (QED) is 0.472. The molecule has 0 spiro atoms. The second-order valence-electron chi connectivity index (χ2n) is 7.78. The van der Waals surface area contributed by atoms with E-state index in [-0.39, 0.29) is 6.04 Å². The van der Waals surface area contributed by atoms with E-state index in [2.05, 4.69) is 55.7 Å². The van der Waals surface area contributed by atoms with Crippen LogP contribution >= 0.6 is 11.6 Å².